The minimum atomic E-state index is 0.0464. The van der Waals surface area contributed by atoms with Crippen LogP contribution in [0.1, 0.15) is 31.1 Å². The van der Waals surface area contributed by atoms with Crippen LogP contribution in [0.5, 0.6) is 0 Å². The van der Waals surface area contributed by atoms with Crippen molar-refractivity contribution in [3.8, 4) is 0 Å². The SMILES string of the molecule is CSc1ccc(C(=O)COC(C)C(C)C)cc1. The first-order valence-corrected chi connectivity index (χ1v) is 7.06. The number of carbonyl (C=O) groups is 1. The van der Waals surface area contributed by atoms with Crippen molar-refractivity contribution in [1.29, 1.82) is 0 Å². The van der Waals surface area contributed by atoms with E-state index < -0.39 is 0 Å². The van der Waals surface area contributed by atoms with Crippen LogP contribution in [-0.4, -0.2) is 24.7 Å². The topological polar surface area (TPSA) is 26.3 Å². The van der Waals surface area contributed by atoms with Crippen LogP contribution < -0.4 is 0 Å². The van der Waals surface area contributed by atoms with Gasteiger partial charge >= 0.3 is 0 Å². The summed E-state index contributed by atoms with van der Waals surface area (Å²) in [4.78, 5) is 13.0. The summed E-state index contributed by atoms with van der Waals surface area (Å²) in [6, 6.07) is 7.64. The minimum Gasteiger partial charge on any atom is -0.370 e. The molecule has 17 heavy (non-hydrogen) atoms. The van der Waals surface area contributed by atoms with Gasteiger partial charge in [-0.1, -0.05) is 26.0 Å². The van der Waals surface area contributed by atoms with Gasteiger partial charge in [-0.3, -0.25) is 4.79 Å². The van der Waals surface area contributed by atoms with E-state index in [-0.39, 0.29) is 18.5 Å². The smallest absolute Gasteiger partial charge is 0.188 e. The van der Waals surface area contributed by atoms with Crippen LogP contribution in [0.3, 0.4) is 0 Å². The van der Waals surface area contributed by atoms with E-state index in [1.165, 1.54) is 0 Å². The van der Waals surface area contributed by atoms with Crippen molar-refractivity contribution in [2.75, 3.05) is 12.9 Å². The van der Waals surface area contributed by atoms with Gasteiger partial charge in [0.25, 0.3) is 0 Å². The summed E-state index contributed by atoms with van der Waals surface area (Å²) in [6.07, 6.45) is 2.13. The first-order valence-electron chi connectivity index (χ1n) is 5.83. The van der Waals surface area contributed by atoms with Gasteiger partial charge in [0, 0.05) is 10.5 Å². The molecule has 0 aliphatic rings. The lowest BCUT2D eigenvalue weighted by atomic mass is 10.1. The molecular formula is C14H20O2S. The molecule has 0 radical (unpaired) electrons. The molecule has 0 aliphatic heterocycles. The number of Topliss-reactive ketones (excluding diaryl/α,β-unsaturated/α-hetero) is 1. The highest BCUT2D eigenvalue weighted by Gasteiger charge is 2.11. The highest BCUT2D eigenvalue weighted by molar-refractivity contribution is 7.98. The molecule has 3 heteroatoms. The Morgan fingerprint density at radius 2 is 1.82 bits per heavy atom. The summed E-state index contributed by atoms with van der Waals surface area (Å²) in [6.45, 7) is 6.33. The molecule has 1 rings (SSSR count). The summed E-state index contributed by atoms with van der Waals surface area (Å²) in [5.41, 5.74) is 0.721. The van der Waals surface area contributed by atoms with Gasteiger partial charge in [-0.05, 0) is 31.2 Å². The fourth-order valence-corrected chi connectivity index (χ4v) is 1.67. The van der Waals surface area contributed by atoms with E-state index in [0.717, 1.165) is 10.5 Å². The monoisotopic (exact) mass is 252 g/mol. The quantitative estimate of drug-likeness (QED) is 0.571. The Hall–Kier alpha value is -0.800. The van der Waals surface area contributed by atoms with E-state index in [2.05, 4.69) is 13.8 Å². The van der Waals surface area contributed by atoms with E-state index >= 15 is 0 Å². The van der Waals surface area contributed by atoms with Crippen molar-refractivity contribution in [2.24, 2.45) is 5.92 Å². The van der Waals surface area contributed by atoms with E-state index in [9.17, 15) is 4.79 Å². The molecule has 2 nitrogen and oxygen atoms in total. The third-order valence-corrected chi connectivity index (χ3v) is 3.57. The van der Waals surface area contributed by atoms with Gasteiger partial charge in [-0.25, -0.2) is 0 Å². The average Bonchev–Trinajstić information content (AvgIpc) is 2.35. The summed E-state index contributed by atoms with van der Waals surface area (Å²) < 4.78 is 5.52. The van der Waals surface area contributed by atoms with E-state index in [4.69, 9.17) is 4.74 Å². The minimum absolute atomic E-state index is 0.0464. The number of carbonyl (C=O) groups excluding carboxylic acids is 1. The van der Waals surface area contributed by atoms with Crippen LogP contribution in [0, 0.1) is 5.92 Å². The third kappa shape index (κ3) is 4.52. The summed E-state index contributed by atoms with van der Waals surface area (Å²) in [5, 5.41) is 0. The molecule has 0 aliphatic carbocycles. The fraction of sp³-hybridized carbons (Fsp3) is 0.500. The van der Waals surface area contributed by atoms with Crippen LogP contribution >= 0.6 is 11.8 Å². The van der Waals surface area contributed by atoms with Gasteiger partial charge in [-0.15, -0.1) is 11.8 Å². The molecule has 0 spiro atoms. The van der Waals surface area contributed by atoms with Crippen molar-refractivity contribution in [3.63, 3.8) is 0 Å². The van der Waals surface area contributed by atoms with E-state index in [1.54, 1.807) is 11.8 Å². The van der Waals surface area contributed by atoms with Gasteiger partial charge < -0.3 is 4.74 Å². The number of thioether (sulfide) groups is 1. The lowest BCUT2D eigenvalue weighted by molar-refractivity contribution is 0.0336. The van der Waals surface area contributed by atoms with Crippen LogP contribution in [0.4, 0.5) is 0 Å². The molecule has 0 N–H and O–H groups in total. The molecule has 0 aromatic heterocycles. The zero-order valence-corrected chi connectivity index (χ0v) is 11.7. The molecule has 0 saturated carbocycles. The Morgan fingerprint density at radius 3 is 2.29 bits per heavy atom. The predicted molar refractivity (Wildman–Crippen MR) is 72.8 cm³/mol. The maximum absolute atomic E-state index is 11.8. The number of rotatable bonds is 6. The van der Waals surface area contributed by atoms with Crippen molar-refractivity contribution < 1.29 is 9.53 Å². The summed E-state index contributed by atoms with van der Waals surface area (Å²) in [7, 11) is 0. The normalized spacial score (nSPS) is 12.8. The van der Waals surface area contributed by atoms with Crippen molar-refractivity contribution in [3.05, 3.63) is 29.8 Å². The van der Waals surface area contributed by atoms with Gasteiger partial charge in [0.15, 0.2) is 5.78 Å². The number of hydrogen-bond donors (Lipinski definition) is 0. The zero-order valence-electron chi connectivity index (χ0n) is 10.9. The fourth-order valence-electron chi connectivity index (χ4n) is 1.26. The zero-order chi connectivity index (χ0) is 12.8. The maximum atomic E-state index is 11.8. The van der Waals surface area contributed by atoms with Crippen LogP contribution in [-0.2, 0) is 4.74 Å². The predicted octanol–water partition coefficient (Wildman–Crippen LogP) is 3.65. The molecule has 1 atom stereocenters. The lowest BCUT2D eigenvalue weighted by Gasteiger charge is -2.15. The van der Waals surface area contributed by atoms with E-state index in [0.29, 0.717) is 5.92 Å². The maximum Gasteiger partial charge on any atom is 0.188 e. The highest BCUT2D eigenvalue weighted by atomic mass is 32.2. The molecule has 0 fully saturated rings. The third-order valence-electron chi connectivity index (χ3n) is 2.83. The molecule has 0 amide bonds. The first-order chi connectivity index (χ1) is 8.04. The lowest BCUT2D eigenvalue weighted by Crippen LogP contribution is -2.20. The molecule has 1 unspecified atom stereocenters. The van der Waals surface area contributed by atoms with Crippen LogP contribution in [0.15, 0.2) is 29.2 Å². The second-order valence-electron chi connectivity index (χ2n) is 4.41. The number of ketones is 1. The standard InChI is InChI=1S/C14H20O2S/c1-10(2)11(3)16-9-14(15)12-5-7-13(17-4)8-6-12/h5-8,10-11H,9H2,1-4H3. The highest BCUT2D eigenvalue weighted by Crippen LogP contribution is 2.15. The molecule has 0 heterocycles. The average molecular weight is 252 g/mol. The Kier molecular flexibility index (Phi) is 5.72. The molecule has 0 saturated heterocycles. The van der Waals surface area contributed by atoms with Gasteiger partial charge in [0.1, 0.15) is 6.61 Å². The number of ether oxygens (including phenoxy) is 1. The summed E-state index contributed by atoms with van der Waals surface area (Å²) in [5.74, 6) is 0.479. The molecular weight excluding hydrogens is 232 g/mol. The molecule has 0 bridgehead atoms. The van der Waals surface area contributed by atoms with Crippen molar-refractivity contribution in [1.82, 2.24) is 0 Å². The van der Waals surface area contributed by atoms with Gasteiger partial charge in [-0.2, -0.15) is 0 Å². The summed E-state index contributed by atoms with van der Waals surface area (Å²) >= 11 is 1.67. The molecule has 1 aromatic rings. The molecule has 94 valence electrons. The number of hydrogen-bond acceptors (Lipinski definition) is 3. The second kappa shape index (κ2) is 6.82. The second-order valence-corrected chi connectivity index (χ2v) is 5.29. The number of benzene rings is 1. The van der Waals surface area contributed by atoms with Gasteiger partial charge in [0.05, 0.1) is 6.10 Å². The Labute approximate surface area is 108 Å². The Balaban J connectivity index is 2.52. The Morgan fingerprint density at radius 1 is 1.24 bits per heavy atom. The first kappa shape index (κ1) is 14.3. The van der Waals surface area contributed by atoms with Crippen LogP contribution in [0.25, 0.3) is 0 Å². The largest absolute Gasteiger partial charge is 0.370 e. The van der Waals surface area contributed by atoms with Crippen molar-refractivity contribution >= 4 is 17.5 Å². The van der Waals surface area contributed by atoms with Crippen LogP contribution in [0.2, 0.25) is 0 Å². The van der Waals surface area contributed by atoms with Crippen molar-refractivity contribution in [2.45, 2.75) is 31.8 Å². The van der Waals surface area contributed by atoms with Gasteiger partial charge in [0.2, 0.25) is 0 Å². The Bertz CT molecular complexity index is 357. The molecule has 1 aromatic carbocycles. The van der Waals surface area contributed by atoms with E-state index in [1.807, 2.05) is 37.4 Å².